The van der Waals surface area contributed by atoms with Crippen LogP contribution in [0.5, 0.6) is 0 Å². The van der Waals surface area contributed by atoms with Crippen molar-refractivity contribution in [1.82, 2.24) is 4.31 Å². The quantitative estimate of drug-likeness (QED) is 0.573. The van der Waals surface area contributed by atoms with Crippen LogP contribution in [-0.2, 0) is 24.9 Å². The maximum Gasteiger partial charge on any atom is 0.310 e. The van der Waals surface area contributed by atoms with Crippen LogP contribution >= 0.6 is 15.9 Å². The molecule has 1 aliphatic rings. The second-order valence-corrected chi connectivity index (χ2v) is 7.73. The standard InChI is InChI=1S/C15H20BrNO4S/c1-2-21-15(18)13-6-4-8-17(11-13)22(19,20)14-7-3-5-12(9-14)10-16/h3,5,7,9,13H,2,4,6,8,10-11H2,1H3. The van der Waals surface area contributed by atoms with E-state index in [9.17, 15) is 13.2 Å². The van der Waals surface area contributed by atoms with Gasteiger partial charge in [-0.3, -0.25) is 4.79 Å². The van der Waals surface area contributed by atoms with Gasteiger partial charge >= 0.3 is 5.97 Å². The summed E-state index contributed by atoms with van der Waals surface area (Å²) in [6.07, 6.45) is 1.34. The van der Waals surface area contributed by atoms with Gasteiger partial charge in [-0.2, -0.15) is 4.31 Å². The van der Waals surface area contributed by atoms with E-state index in [2.05, 4.69) is 15.9 Å². The number of esters is 1. The summed E-state index contributed by atoms with van der Waals surface area (Å²) in [5.41, 5.74) is 0.903. The number of ether oxygens (including phenoxy) is 1. The average molecular weight is 390 g/mol. The molecule has 0 aliphatic carbocycles. The number of sulfonamides is 1. The predicted molar refractivity (Wildman–Crippen MR) is 87.2 cm³/mol. The van der Waals surface area contributed by atoms with Crippen molar-refractivity contribution in [3.05, 3.63) is 29.8 Å². The van der Waals surface area contributed by atoms with Crippen molar-refractivity contribution in [2.45, 2.75) is 30.0 Å². The number of benzene rings is 1. The summed E-state index contributed by atoms with van der Waals surface area (Å²) in [6, 6.07) is 6.86. The Bertz CT molecular complexity index is 632. The second kappa shape index (κ2) is 7.57. The Labute approximate surface area is 139 Å². The van der Waals surface area contributed by atoms with E-state index in [1.54, 1.807) is 25.1 Å². The molecule has 1 heterocycles. The van der Waals surface area contributed by atoms with Gasteiger partial charge in [0, 0.05) is 18.4 Å². The van der Waals surface area contributed by atoms with E-state index in [-0.39, 0.29) is 23.3 Å². The first kappa shape index (κ1) is 17.4. The molecule has 0 saturated carbocycles. The highest BCUT2D eigenvalue weighted by atomic mass is 79.9. The Hall–Kier alpha value is -0.920. The highest BCUT2D eigenvalue weighted by Gasteiger charge is 2.33. The Morgan fingerprint density at radius 2 is 2.23 bits per heavy atom. The number of piperidine rings is 1. The van der Waals surface area contributed by atoms with Crippen molar-refractivity contribution in [2.75, 3.05) is 19.7 Å². The summed E-state index contributed by atoms with van der Waals surface area (Å²) in [5, 5.41) is 0.599. The Morgan fingerprint density at radius 3 is 2.91 bits per heavy atom. The van der Waals surface area contributed by atoms with Gasteiger partial charge in [0.15, 0.2) is 0 Å². The first-order valence-corrected chi connectivity index (χ1v) is 9.87. The van der Waals surface area contributed by atoms with Crippen molar-refractivity contribution in [1.29, 1.82) is 0 Å². The van der Waals surface area contributed by atoms with Crippen molar-refractivity contribution in [3.63, 3.8) is 0 Å². The third kappa shape index (κ3) is 3.88. The van der Waals surface area contributed by atoms with Gasteiger partial charge in [-0.15, -0.1) is 0 Å². The molecular weight excluding hydrogens is 370 g/mol. The number of rotatable bonds is 5. The normalized spacial score (nSPS) is 19.8. The third-order valence-corrected chi connectivity index (χ3v) is 6.20. The third-order valence-electron chi connectivity index (χ3n) is 3.69. The molecule has 2 rings (SSSR count). The Morgan fingerprint density at radius 1 is 1.45 bits per heavy atom. The highest BCUT2D eigenvalue weighted by Crippen LogP contribution is 2.25. The first-order chi connectivity index (χ1) is 10.5. The van der Waals surface area contributed by atoms with Crippen LogP contribution in [0, 0.1) is 5.92 Å². The van der Waals surface area contributed by atoms with E-state index >= 15 is 0 Å². The van der Waals surface area contributed by atoms with Gasteiger partial charge in [0.05, 0.1) is 17.4 Å². The minimum atomic E-state index is -3.57. The Balaban J connectivity index is 2.19. The van der Waals surface area contributed by atoms with E-state index in [0.717, 1.165) is 5.56 Å². The van der Waals surface area contributed by atoms with Crippen LogP contribution in [0.25, 0.3) is 0 Å². The molecule has 122 valence electrons. The summed E-state index contributed by atoms with van der Waals surface area (Å²) in [4.78, 5) is 12.1. The SMILES string of the molecule is CCOC(=O)C1CCCN(S(=O)(=O)c2cccc(CBr)c2)C1. The number of alkyl halides is 1. The maximum atomic E-state index is 12.7. The number of carbonyl (C=O) groups is 1. The van der Waals surface area contributed by atoms with Crippen molar-refractivity contribution >= 4 is 31.9 Å². The molecule has 0 radical (unpaired) electrons. The maximum absolute atomic E-state index is 12.7. The van der Waals surface area contributed by atoms with Crippen LogP contribution in [0.1, 0.15) is 25.3 Å². The molecular formula is C15H20BrNO4S. The van der Waals surface area contributed by atoms with Crippen molar-refractivity contribution in [3.8, 4) is 0 Å². The molecule has 1 atom stereocenters. The van der Waals surface area contributed by atoms with Crippen molar-refractivity contribution < 1.29 is 17.9 Å². The average Bonchev–Trinajstić information content (AvgIpc) is 2.55. The number of nitrogens with zero attached hydrogens (tertiary/aromatic N) is 1. The smallest absolute Gasteiger partial charge is 0.310 e. The van der Waals surface area contributed by atoms with E-state index in [1.165, 1.54) is 4.31 Å². The lowest BCUT2D eigenvalue weighted by Gasteiger charge is -2.30. The van der Waals surface area contributed by atoms with Crippen LogP contribution in [0.2, 0.25) is 0 Å². The summed E-state index contributed by atoms with van der Waals surface area (Å²) in [5.74, 6) is -0.681. The zero-order chi connectivity index (χ0) is 16.2. The fraction of sp³-hybridized carbons (Fsp3) is 0.533. The molecule has 0 bridgehead atoms. The van der Waals surface area contributed by atoms with Crippen LogP contribution in [0.3, 0.4) is 0 Å². The lowest BCUT2D eigenvalue weighted by molar-refractivity contribution is -0.149. The molecule has 0 N–H and O–H groups in total. The molecule has 22 heavy (non-hydrogen) atoms. The Kier molecular flexibility index (Phi) is 6.00. The zero-order valence-electron chi connectivity index (χ0n) is 12.5. The highest BCUT2D eigenvalue weighted by molar-refractivity contribution is 9.08. The molecule has 1 fully saturated rings. The van der Waals surface area contributed by atoms with E-state index in [1.807, 2.05) is 6.07 Å². The predicted octanol–water partition coefficient (Wildman–Crippen LogP) is 2.55. The topological polar surface area (TPSA) is 63.7 Å². The fourth-order valence-electron chi connectivity index (χ4n) is 2.55. The van der Waals surface area contributed by atoms with Crippen LogP contribution in [-0.4, -0.2) is 38.4 Å². The van der Waals surface area contributed by atoms with E-state index < -0.39 is 10.0 Å². The molecule has 7 heteroatoms. The van der Waals surface area contributed by atoms with Gasteiger partial charge in [0.2, 0.25) is 10.0 Å². The monoisotopic (exact) mass is 389 g/mol. The summed E-state index contributed by atoms with van der Waals surface area (Å²) < 4.78 is 31.9. The van der Waals surface area contributed by atoms with Crippen LogP contribution in [0.15, 0.2) is 29.2 Å². The van der Waals surface area contributed by atoms with Gasteiger partial charge in [0.1, 0.15) is 0 Å². The molecule has 1 unspecified atom stereocenters. The van der Waals surface area contributed by atoms with E-state index in [0.29, 0.717) is 31.3 Å². The zero-order valence-corrected chi connectivity index (χ0v) is 14.9. The summed E-state index contributed by atoms with van der Waals surface area (Å²) in [6.45, 7) is 2.70. The van der Waals surface area contributed by atoms with Gasteiger partial charge in [-0.25, -0.2) is 8.42 Å². The van der Waals surface area contributed by atoms with Crippen LogP contribution < -0.4 is 0 Å². The molecule has 1 aromatic rings. The largest absolute Gasteiger partial charge is 0.466 e. The number of halogens is 1. The van der Waals surface area contributed by atoms with E-state index in [4.69, 9.17) is 4.74 Å². The van der Waals surface area contributed by atoms with Crippen molar-refractivity contribution in [2.24, 2.45) is 5.92 Å². The molecule has 5 nitrogen and oxygen atoms in total. The lowest BCUT2D eigenvalue weighted by atomic mass is 10.0. The molecule has 1 saturated heterocycles. The fourth-order valence-corrected chi connectivity index (χ4v) is 4.49. The molecule has 1 aromatic carbocycles. The molecule has 0 aromatic heterocycles. The molecule has 0 spiro atoms. The van der Waals surface area contributed by atoms with Gasteiger partial charge < -0.3 is 4.74 Å². The summed E-state index contributed by atoms with van der Waals surface area (Å²) >= 11 is 3.33. The lowest BCUT2D eigenvalue weighted by Crippen LogP contribution is -2.42. The summed E-state index contributed by atoms with van der Waals surface area (Å²) in [7, 11) is -3.57. The molecule has 1 aliphatic heterocycles. The van der Waals surface area contributed by atoms with Crippen LogP contribution in [0.4, 0.5) is 0 Å². The number of hydrogen-bond donors (Lipinski definition) is 0. The minimum Gasteiger partial charge on any atom is -0.466 e. The van der Waals surface area contributed by atoms with Gasteiger partial charge in [-0.05, 0) is 37.5 Å². The number of carbonyl (C=O) groups excluding carboxylic acids is 1. The van der Waals surface area contributed by atoms with Gasteiger partial charge in [0.25, 0.3) is 0 Å². The van der Waals surface area contributed by atoms with Gasteiger partial charge in [-0.1, -0.05) is 28.1 Å². The minimum absolute atomic E-state index is 0.194. The first-order valence-electron chi connectivity index (χ1n) is 7.30. The number of hydrogen-bond acceptors (Lipinski definition) is 4. The molecule has 0 amide bonds. The second-order valence-electron chi connectivity index (χ2n) is 5.24.